The highest BCUT2D eigenvalue weighted by atomic mass is 127. The minimum absolute atomic E-state index is 0. The molecule has 0 radical (unpaired) electrons. The first-order valence-corrected chi connectivity index (χ1v) is 10.4. The Labute approximate surface area is 186 Å². The summed E-state index contributed by atoms with van der Waals surface area (Å²) in [5.74, 6) is 3.08. The van der Waals surface area contributed by atoms with Gasteiger partial charge in [0, 0.05) is 52.0 Å². The van der Waals surface area contributed by atoms with Gasteiger partial charge < -0.3 is 20.1 Å². The Morgan fingerprint density at radius 2 is 1.93 bits per heavy atom. The molecule has 1 amide bonds. The average molecular weight is 505 g/mol. The molecule has 1 aromatic heterocycles. The van der Waals surface area contributed by atoms with E-state index in [1.165, 1.54) is 19.3 Å². The van der Waals surface area contributed by atoms with Crippen LogP contribution >= 0.6 is 24.0 Å². The SMILES string of the molecule is CCNC(=NCCC(=O)N(CC)CC)NCCc1nnc2n1CCCCC2.I. The number of nitrogens with zero attached hydrogens (tertiary/aromatic N) is 5. The predicted octanol–water partition coefficient (Wildman–Crippen LogP) is 1.98. The van der Waals surface area contributed by atoms with E-state index in [0.717, 1.165) is 63.2 Å². The second kappa shape index (κ2) is 13.7. The number of aromatic nitrogens is 3. The highest BCUT2D eigenvalue weighted by Crippen LogP contribution is 2.14. The Morgan fingerprint density at radius 3 is 2.64 bits per heavy atom. The molecule has 2 N–H and O–H groups in total. The van der Waals surface area contributed by atoms with Crippen molar-refractivity contribution in [2.45, 2.75) is 65.8 Å². The van der Waals surface area contributed by atoms with Gasteiger partial charge in [0.1, 0.15) is 11.6 Å². The lowest BCUT2D eigenvalue weighted by Gasteiger charge is -2.18. The topological polar surface area (TPSA) is 87.4 Å². The smallest absolute Gasteiger partial charge is 0.224 e. The monoisotopic (exact) mass is 505 g/mol. The molecule has 0 spiro atoms. The van der Waals surface area contributed by atoms with Crippen LogP contribution in [-0.2, 0) is 24.2 Å². The van der Waals surface area contributed by atoms with Crippen molar-refractivity contribution in [1.82, 2.24) is 30.3 Å². The molecule has 0 aliphatic carbocycles. The zero-order valence-electron chi connectivity index (χ0n) is 17.5. The number of hydrogen-bond donors (Lipinski definition) is 2. The second-order valence-electron chi connectivity index (χ2n) is 6.75. The summed E-state index contributed by atoms with van der Waals surface area (Å²) in [6.45, 7) is 10.6. The summed E-state index contributed by atoms with van der Waals surface area (Å²) in [4.78, 5) is 18.4. The van der Waals surface area contributed by atoms with Crippen molar-refractivity contribution in [3.8, 4) is 0 Å². The number of guanidine groups is 1. The van der Waals surface area contributed by atoms with Crippen LogP contribution in [0.2, 0.25) is 0 Å². The predicted molar refractivity (Wildman–Crippen MR) is 123 cm³/mol. The third kappa shape index (κ3) is 7.56. The van der Waals surface area contributed by atoms with Gasteiger partial charge in [0.05, 0.1) is 6.54 Å². The van der Waals surface area contributed by atoms with Gasteiger partial charge in [-0.15, -0.1) is 34.2 Å². The lowest BCUT2D eigenvalue weighted by atomic mass is 10.2. The highest BCUT2D eigenvalue weighted by molar-refractivity contribution is 14.0. The van der Waals surface area contributed by atoms with Crippen molar-refractivity contribution < 1.29 is 4.79 Å². The molecule has 1 aliphatic heterocycles. The van der Waals surface area contributed by atoms with Gasteiger partial charge in [-0.05, 0) is 33.6 Å². The van der Waals surface area contributed by atoms with Crippen LogP contribution in [0.25, 0.3) is 0 Å². The zero-order valence-corrected chi connectivity index (χ0v) is 19.9. The number of rotatable bonds is 9. The molecule has 0 aromatic carbocycles. The fraction of sp³-hybridized carbons (Fsp3) is 0.789. The van der Waals surface area contributed by atoms with Gasteiger partial charge in [-0.25, -0.2) is 0 Å². The van der Waals surface area contributed by atoms with Crippen LogP contribution in [-0.4, -0.2) is 64.3 Å². The fourth-order valence-corrected chi connectivity index (χ4v) is 3.36. The van der Waals surface area contributed by atoms with Crippen molar-refractivity contribution in [2.75, 3.05) is 32.7 Å². The van der Waals surface area contributed by atoms with E-state index in [2.05, 4.69) is 30.4 Å². The van der Waals surface area contributed by atoms with E-state index in [1.54, 1.807) is 0 Å². The number of carbonyl (C=O) groups is 1. The fourth-order valence-electron chi connectivity index (χ4n) is 3.36. The van der Waals surface area contributed by atoms with Gasteiger partial charge >= 0.3 is 0 Å². The highest BCUT2D eigenvalue weighted by Gasteiger charge is 2.14. The minimum atomic E-state index is 0. The normalized spacial score (nSPS) is 13.9. The van der Waals surface area contributed by atoms with E-state index < -0.39 is 0 Å². The number of carbonyl (C=O) groups excluding carboxylic acids is 1. The lowest BCUT2D eigenvalue weighted by Crippen LogP contribution is -2.39. The van der Waals surface area contributed by atoms with Gasteiger partial charge in [0.2, 0.25) is 5.91 Å². The van der Waals surface area contributed by atoms with Crippen LogP contribution < -0.4 is 10.6 Å². The molecule has 160 valence electrons. The molecule has 2 rings (SSSR count). The maximum absolute atomic E-state index is 12.1. The van der Waals surface area contributed by atoms with E-state index in [9.17, 15) is 4.79 Å². The van der Waals surface area contributed by atoms with E-state index >= 15 is 0 Å². The third-order valence-electron chi connectivity index (χ3n) is 4.88. The number of aliphatic imine (C=N–C) groups is 1. The van der Waals surface area contributed by atoms with Crippen molar-refractivity contribution in [3.05, 3.63) is 11.6 Å². The number of amides is 1. The van der Waals surface area contributed by atoms with Crippen molar-refractivity contribution >= 4 is 35.8 Å². The summed E-state index contributed by atoms with van der Waals surface area (Å²) >= 11 is 0. The number of hydrogen-bond acceptors (Lipinski definition) is 4. The molecule has 28 heavy (non-hydrogen) atoms. The van der Waals surface area contributed by atoms with Crippen LogP contribution in [0.3, 0.4) is 0 Å². The Morgan fingerprint density at radius 1 is 1.14 bits per heavy atom. The minimum Gasteiger partial charge on any atom is -0.357 e. The molecular formula is C19H36IN7O. The van der Waals surface area contributed by atoms with Gasteiger partial charge in [-0.3, -0.25) is 9.79 Å². The van der Waals surface area contributed by atoms with Gasteiger partial charge in [-0.2, -0.15) is 0 Å². The van der Waals surface area contributed by atoms with Crippen molar-refractivity contribution in [2.24, 2.45) is 4.99 Å². The first kappa shape index (κ1) is 24.6. The number of halogens is 1. The van der Waals surface area contributed by atoms with E-state index in [4.69, 9.17) is 0 Å². The summed E-state index contributed by atoms with van der Waals surface area (Å²) in [6, 6.07) is 0. The van der Waals surface area contributed by atoms with Crippen molar-refractivity contribution in [3.63, 3.8) is 0 Å². The average Bonchev–Trinajstić information content (AvgIpc) is 2.89. The molecule has 1 aliphatic rings. The summed E-state index contributed by atoms with van der Waals surface area (Å²) < 4.78 is 2.28. The summed E-state index contributed by atoms with van der Waals surface area (Å²) in [6.07, 6.45) is 5.97. The maximum Gasteiger partial charge on any atom is 0.224 e. The Bertz CT molecular complexity index is 613. The van der Waals surface area contributed by atoms with Gasteiger partial charge in [0.15, 0.2) is 5.96 Å². The van der Waals surface area contributed by atoms with Gasteiger partial charge in [0.25, 0.3) is 0 Å². The first-order chi connectivity index (χ1) is 13.2. The summed E-state index contributed by atoms with van der Waals surface area (Å²) in [7, 11) is 0. The largest absolute Gasteiger partial charge is 0.357 e. The first-order valence-electron chi connectivity index (χ1n) is 10.4. The molecule has 0 atom stereocenters. The van der Waals surface area contributed by atoms with Crippen LogP contribution in [0, 0.1) is 0 Å². The van der Waals surface area contributed by atoms with E-state index in [1.807, 2.05) is 25.7 Å². The maximum atomic E-state index is 12.1. The Kier molecular flexibility index (Phi) is 12.1. The molecular weight excluding hydrogens is 469 g/mol. The van der Waals surface area contributed by atoms with Crippen LogP contribution in [0.1, 0.15) is 58.1 Å². The molecule has 2 heterocycles. The number of fused-ring (bicyclic) bond motifs is 1. The standard InChI is InChI=1S/C19H35N7O.HI/c1-4-20-19(22-14-12-18(27)25(5-2)6-3)21-13-11-17-24-23-16-10-8-7-9-15-26(16)17;/h4-15H2,1-3H3,(H2,20,21,22);1H. The molecule has 0 fully saturated rings. The Balaban J connectivity index is 0.00000392. The Hall–Kier alpha value is -1.39. The molecule has 8 nitrogen and oxygen atoms in total. The molecule has 9 heteroatoms. The zero-order chi connectivity index (χ0) is 19.5. The molecule has 0 saturated carbocycles. The molecule has 0 bridgehead atoms. The molecule has 1 aromatic rings. The van der Waals surface area contributed by atoms with Crippen LogP contribution in [0.5, 0.6) is 0 Å². The van der Waals surface area contributed by atoms with Crippen LogP contribution in [0.4, 0.5) is 0 Å². The van der Waals surface area contributed by atoms with E-state index in [-0.39, 0.29) is 29.9 Å². The summed E-state index contributed by atoms with van der Waals surface area (Å²) in [5, 5.41) is 15.3. The van der Waals surface area contributed by atoms with Crippen molar-refractivity contribution in [1.29, 1.82) is 0 Å². The second-order valence-corrected chi connectivity index (χ2v) is 6.75. The van der Waals surface area contributed by atoms with Crippen LogP contribution in [0.15, 0.2) is 4.99 Å². The third-order valence-corrected chi connectivity index (χ3v) is 4.88. The number of aryl methyl sites for hydroxylation is 1. The molecule has 0 unspecified atom stereocenters. The lowest BCUT2D eigenvalue weighted by molar-refractivity contribution is -0.130. The molecule has 0 saturated heterocycles. The van der Waals surface area contributed by atoms with Gasteiger partial charge in [-0.1, -0.05) is 6.42 Å². The quantitative estimate of drug-likeness (QED) is 0.305. The number of nitrogens with one attached hydrogen (secondary N) is 2. The summed E-state index contributed by atoms with van der Waals surface area (Å²) in [5.41, 5.74) is 0. The van der Waals surface area contributed by atoms with E-state index in [0.29, 0.717) is 13.0 Å².